The van der Waals surface area contributed by atoms with Crippen molar-refractivity contribution in [2.24, 2.45) is 0 Å². The average molecular weight is 290 g/mol. The molecule has 0 bridgehead atoms. The number of likely N-dealkylation sites (N-methyl/N-ethyl adjacent to an activating group) is 1. The van der Waals surface area contributed by atoms with E-state index in [1.54, 1.807) is 0 Å². The molecular formula is C13H21Cl2N3. The highest BCUT2D eigenvalue weighted by Crippen LogP contribution is 2.19. The Balaban J connectivity index is 2.48. The molecule has 0 N–H and O–H groups in total. The second kappa shape index (κ2) is 7.93. The number of aromatic nitrogens is 2. The van der Waals surface area contributed by atoms with Crippen LogP contribution in [0.2, 0.25) is 10.4 Å². The van der Waals surface area contributed by atoms with Gasteiger partial charge in [-0.1, -0.05) is 31.4 Å². The molecule has 18 heavy (non-hydrogen) atoms. The largest absolute Gasteiger partial charge is 0.306 e. The van der Waals surface area contributed by atoms with Crippen LogP contribution in [0.25, 0.3) is 0 Å². The van der Waals surface area contributed by atoms with E-state index in [2.05, 4.69) is 28.8 Å². The maximum Gasteiger partial charge on any atom is 0.224 e. The highest BCUT2D eigenvalue weighted by atomic mass is 35.5. The van der Waals surface area contributed by atoms with Gasteiger partial charge in [-0.3, -0.25) is 0 Å². The molecule has 1 aromatic rings. The number of unbranched alkanes of at least 4 members (excludes halogenated alkanes) is 2. The lowest BCUT2D eigenvalue weighted by Crippen LogP contribution is -2.23. The fourth-order valence-electron chi connectivity index (χ4n) is 1.86. The highest BCUT2D eigenvalue weighted by Gasteiger charge is 2.10. The first-order chi connectivity index (χ1) is 8.54. The van der Waals surface area contributed by atoms with Gasteiger partial charge in [0, 0.05) is 17.8 Å². The van der Waals surface area contributed by atoms with Crippen LogP contribution in [0.5, 0.6) is 0 Å². The van der Waals surface area contributed by atoms with E-state index >= 15 is 0 Å². The minimum absolute atomic E-state index is 0.220. The predicted octanol–water partition coefficient (Wildman–Crippen LogP) is 3.76. The fourth-order valence-corrected chi connectivity index (χ4v) is 2.42. The van der Waals surface area contributed by atoms with Crippen LogP contribution in [0, 0.1) is 6.92 Å². The Morgan fingerprint density at radius 2 is 1.83 bits per heavy atom. The highest BCUT2D eigenvalue weighted by molar-refractivity contribution is 6.32. The van der Waals surface area contributed by atoms with E-state index in [0.29, 0.717) is 5.15 Å². The standard InChI is InChI=1S/C13H21Cl2N3/c1-4-5-6-8-18(3)9-7-11-10(2)16-13(15)17-12(11)14/h4-9H2,1-3H3. The van der Waals surface area contributed by atoms with Crippen LogP contribution >= 0.6 is 23.2 Å². The maximum absolute atomic E-state index is 6.09. The molecule has 0 atom stereocenters. The van der Waals surface area contributed by atoms with E-state index in [1.165, 1.54) is 19.3 Å². The van der Waals surface area contributed by atoms with E-state index in [0.717, 1.165) is 30.8 Å². The lowest BCUT2D eigenvalue weighted by Gasteiger charge is -2.17. The summed E-state index contributed by atoms with van der Waals surface area (Å²) in [6.07, 6.45) is 4.65. The maximum atomic E-state index is 6.09. The summed E-state index contributed by atoms with van der Waals surface area (Å²) >= 11 is 11.8. The average Bonchev–Trinajstić information content (AvgIpc) is 2.27. The van der Waals surface area contributed by atoms with Gasteiger partial charge in [0.2, 0.25) is 5.28 Å². The van der Waals surface area contributed by atoms with Gasteiger partial charge in [0.1, 0.15) is 5.15 Å². The van der Waals surface area contributed by atoms with Crippen molar-refractivity contribution in [3.8, 4) is 0 Å². The van der Waals surface area contributed by atoms with Crippen LogP contribution in [0.4, 0.5) is 0 Å². The van der Waals surface area contributed by atoms with Crippen LogP contribution < -0.4 is 0 Å². The van der Waals surface area contributed by atoms with E-state index in [-0.39, 0.29) is 5.28 Å². The van der Waals surface area contributed by atoms with Gasteiger partial charge in [0.05, 0.1) is 0 Å². The molecule has 0 aromatic carbocycles. The summed E-state index contributed by atoms with van der Waals surface area (Å²) in [5.41, 5.74) is 1.88. The molecule has 0 aliphatic heterocycles. The van der Waals surface area contributed by atoms with Crippen molar-refractivity contribution >= 4 is 23.2 Å². The zero-order valence-corrected chi connectivity index (χ0v) is 12.9. The second-order valence-electron chi connectivity index (χ2n) is 4.61. The molecule has 1 aromatic heterocycles. The third-order valence-corrected chi connectivity index (χ3v) is 3.50. The molecule has 102 valence electrons. The van der Waals surface area contributed by atoms with Gasteiger partial charge < -0.3 is 4.90 Å². The van der Waals surface area contributed by atoms with Crippen molar-refractivity contribution in [1.29, 1.82) is 0 Å². The molecule has 0 aliphatic rings. The van der Waals surface area contributed by atoms with Crippen LogP contribution in [0.3, 0.4) is 0 Å². The van der Waals surface area contributed by atoms with Gasteiger partial charge >= 0.3 is 0 Å². The number of halogens is 2. The molecule has 0 saturated carbocycles. The van der Waals surface area contributed by atoms with E-state index in [9.17, 15) is 0 Å². The summed E-state index contributed by atoms with van der Waals surface area (Å²) in [6, 6.07) is 0. The molecule has 0 aliphatic carbocycles. The van der Waals surface area contributed by atoms with Gasteiger partial charge in [-0.2, -0.15) is 0 Å². The monoisotopic (exact) mass is 289 g/mol. The molecule has 0 amide bonds. The van der Waals surface area contributed by atoms with Crippen molar-refractivity contribution in [2.75, 3.05) is 20.1 Å². The summed E-state index contributed by atoms with van der Waals surface area (Å²) in [5, 5.41) is 0.701. The first kappa shape index (κ1) is 15.7. The molecule has 5 heteroatoms. The summed E-state index contributed by atoms with van der Waals surface area (Å²) in [7, 11) is 2.13. The minimum atomic E-state index is 0.220. The Morgan fingerprint density at radius 3 is 2.44 bits per heavy atom. The Hall–Kier alpha value is -0.380. The van der Waals surface area contributed by atoms with E-state index in [1.807, 2.05) is 6.92 Å². The fraction of sp³-hybridized carbons (Fsp3) is 0.692. The third kappa shape index (κ3) is 5.09. The lowest BCUT2D eigenvalue weighted by molar-refractivity contribution is 0.329. The molecule has 1 heterocycles. The normalized spacial score (nSPS) is 11.2. The molecule has 0 unspecified atom stereocenters. The Bertz CT molecular complexity index is 359. The molecule has 0 spiro atoms. The molecule has 3 nitrogen and oxygen atoms in total. The summed E-state index contributed by atoms with van der Waals surface area (Å²) in [5.74, 6) is 0. The van der Waals surface area contributed by atoms with Gasteiger partial charge in [-0.25, -0.2) is 9.97 Å². The first-order valence-corrected chi connectivity index (χ1v) is 7.17. The topological polar surface area (TPSA) is 29.0 Å². The summed E-state index contributed by atoms with van der Waals surface area (Å²) in [6.45, 7) is 6.23. The number of hydrogen-bond donors (Lipinski definition) is 0. The first-order valence-electron chi connectivity index (χ1n) is 6.41. The number of aryl methyl sites for hydroxylation is 1. The third-order valence-electron chi connectivity index (χ3n) is 3.02. The van der Waals surface area contributed by atoms with Crippen molar-refractivity contribution in [3.63, 3.8) is 0 Å². The summed E-state index contributed by atoms with van der Waals surface area (Å²) in [4.78, 5) is 10.4. The van der Waals surface area contributed by atoms with Gasteiger partial charge in [-0.15, -0.1) is 0 Å². The molecule has 1 rings (SSSR count). The van der Waals surface area contributed by atoms with Gasteiger partial charge in [0.25, 0.3) is 0 Å². The van der Waals surface area contributed by atoms with Crippen LogP contribution in [-0.2, 0) is 6.42 Å². The number of hydrogen-bond acceptors (Lipinski definition) is 3. The van der Waals surface area contributed by atoms with Crippen LogP contribution in [0.15, 0.2) is 0 Å². The summed E-state index contributed by atoms with van der Waals surface area (Å²) < 4.78 is 0. The van der Waals surface area contributed by atoms with Crippen LogP contribution in [0.1, 0.15) is 37.4 Å². The van der Waals surface area contributed by atoms with Gasteiger partial charge in [0.15, 0.2) is 0 Å². The quantitative estimate of drug-likeness (QED) is 0.435. The molecule has 0 fully saturated rings. The second-order valence-corrected chi connectivity index (χ2v) is 5.30. The Labute approximate surface area is 120 Å². The van der Waals surface area contributed by atoms with Crippen molar-refractivity contribution in [2.45, 2.75) is 39.5 Å². The Morgan fingerprint density at radius 1 is 1.11 bits per heavy atom. The zero-order valence-electron chi connectivity index (χ0n) is 11.3. The number of rotatable bonds is 7. The van der Waals surface area contributed by atoms with E-state index in [4.69, 9.17) is 23.2 Å². The minimum Gasteiger partial charge on any atom is -0.306 e. The smallest absolute Gasteiger partial charge is 0.224 e. The predicted molar refractivity (Wildman–Crippen MR) is 77.5 cm³/mol. The van der Waals surface area contributed by atoms with Crippen molar-refractivity contribution in [1.82, 2.24) is 14.9 Å². The molecule has 0 radical (unpaired) electrons. The molecular weight excluding hydrogens is 269 g/mol. The lowest BCUT2D eigenvalue weighted by atomic mass is 10.1. The number of nitrogens with zero attached hydrogens (tertiary/aromatic N) is 3. The van der Waals surface area contributed by atoms with Crippen molar-refractivity contribution < 1.29 is 0 Å². The SMILES string of the molecule is CCCCCN(C)CCc1c(C)nc(Cl)nc1Cl. The van der Waals surface area contributed by atoms with Crippen LogP contribution in [-0.4, -0.2) is 35.0 Å². The Kier molecular flexibility index (Phi) is 6.90. The van der Waals surface area contributed by atoms with Gasteiger partial charge in [-0.05, 0) is 45.0 Å². The molecule has 0 saturated heterocycles. The van der Waals surface area contributed by atoms with E-state index < -0.39 is 0 Å². The zero-order chi connectivity index (χ0) is 13.5. The van der Waals surface area contributed by atoms with Crippen molar-refractivity contribution in [3.05, 3.63) is 21.7 Å².